The lowest BCUT2D eigenvalue weighted by Gasteiger charge is -2.28. The smallest absolute Gasteiger partial charge is 0.233 e. The number of hydrogen-bond acceptors (Lipinski definition) is 2. The SMILES string of the molecule is Cc1cc(Cl)ccc1[C@H](CCC1(C=O)C(=O)N[C@H](C)[C@H]1C)Cc1ccc(Cl)cc1. The number of benzene rings is 2. The molecule has 0 radical (unpaired) electrons. The van der Waals surface area contributed by atoms with Gasteiger partial charge in [0, 0.05) is 16.1 Å². The molecule has 154 valence electrons. The fourth-order valence-electron chi connectivity index (χ4n) is 4.46. The Hall–Kier alpha value is -1.84. The van der Waals surface area contributed by atoms with Crippen LogP contribution in [-0.2, 0) is 16.0 Å². The molecular weight excluding hydrogens is 405 g/mol. The summed E-state index contributed by atoms with van der Waals surface area (Å²) in [6.07, 6.45) is 2.92. The third kappa shape index (κ3) is 4.51. The molecule has 1 amide bonds. The molecule has 2 aromatic rings. The number of aldehydes is 1. The van der Waals surface area contributed by atoms with E-state index in [-0.39, 0.29) is 23.8 Å². The summed E-state index contributed by atoms with van der Waals surface area (Å²) < 4.78 is 0. The van der Waals surface area contributed by atoms with Crippen molar-refractivity contribution in [3.63, 3.8) is 0 Å². The zero-order valence-corrected chi connectivity index (χ0v) is 18.6. The monoisotopic (exact) mass is 431 g/mol. The molecule has 5 heteroatoms. The van der Waals surface area contributed by atoms with Crippen molar-refractivity contribution >= 4 is 35.4 Å². The number of hydrogen-bond donors (Lipinski definition) is 1. The number of nitrogens with one attached hydrogen (secondary N) is 1. The molecule has 29 heavy (non-hydrogen) atoms. The van der Waals surface area contributed by atoms with E-state index in [2.05, 4.69) is 18.3 Å². The quantitative estimate of drug-likeness (QED) is 0.448. The van der Waals surface area contributed by atoms with Gasteiger partial charge >= 0.3 is 0 Å². The van der Waals surface area contributed by atoms with Gasteiger partial charge in [0.25, 0.3) is 0 Å². The predicted molar refractivity (Wildman–Crippen MR) is 119 cm³/mol. The molecule has 0 spiro atoms. The minimum Gasteiger partial charge on any atom is -0.352 e. The molecule has 1 N–H and O–H groups in total. The Morgan fingerprint density at radius 2 is 1.76 bits per heavy atom. The van der Waals surface area contributed by atoms with Crippen LogP contribution in [0.25, 0.3) is 0 Å². The molecule has 1 unspecified atom stereocenters. The second kappa shape index (κ2) is 8.89. The van der Waals surface area contributed by atoms with Crippen LogP contribution < -0.4 is 5.32 Å². The van der Waals surface area contributed by atoms with Crippen molar-refractivity contribution in [1.82, 2.24) is 5.32 Å². The first-order valence-corrected chi connectivity index (χ1v) is 10.8. The van der Waals surface area contributed by atoms with Gasteiger partial charge in [0.15, 0.2) is 0 Å². The van der Waals surface area contributed by atoms with E-state index in [9.17, 15) is 9.59 Å². The molecule has 0 aliphatic carbocycles. The first-order valence-electron chi connectivity index (χ1n) is 10.0. The Labute approximate surface area is 182 Å². The summed E-state index contributed by atoms with van der Waals surface area (Å²) in [7, 11) is 0. The number of rotatable bonds is 7. The van der Waals surface area contributed by atoms with Gasteiger partial charge in [-0.05, 0) is 85.9 Å². The normalized spacial score (nSPS) is 24.9. The van der Waals surface area contributed by atoms with Crippen LogP contribution in [0, 0.1) is 18.3 Å². The zero-order chi connectivity index (χ0) is 21.2. The zero-order valence-electron chi connectivity index (χ0n) is 17.0. The van der Waals surface area contributed by atoms with Crippen LogP contribution in [0.1, 0.15) is 49.3 Å². The van der Waals surface area contributed by atoms with Crippen molar-refractivity contribution in [2.45, 2.75) is 52.0 Å². The molecule has 4 atom stereocenters. The third-order valence-electron chi connectivity index (χ3n) is 6.53. The second-order valence-electron chi connectivity index (χ2n) is 8.28. The Morgan fingerprint density at radius 1 is 1.10 bits per heavy atom. The molecule has 1 aliphatic rings. The summed E-state index contributed by atoms with van der Waals surface area (Å²) in [6.45, 7) is 6.00. The molecule has 3 rings (SSSR count). The van der Waals surface area contributed by atoms with Crippen molar-refractivity contribution in [3.05, 3.63) is 69.2 Å². The first-order chi connectivity index (χ1) is 13.8. The third-order valence-corrected chi connectivity index (χ3v) is 7.01. The van der Waals surface area contributed by atoms with Gasteiger partial charge in [-0.3, -0.25) is 4.79 Å². The van der Waals surface area contributed by atoms with Crippen molar-refractivity contribution < 1.29 is 9.59 Å². The fourth-order valence-corrected chi connectivity index (χ4v) is 4.82. The maximum atomic E-state index is 12.6. The second-order valence-corrected chi connectivity index (χ2v) is 9.15. The molecule has 1 heterocycles. The number of carbonyl (C=O) groups excluding carboxylic acids is 2. The molecule has 0 saturated carbocycles. The maximum absolute atomic E-state index is 12.6. The highest BCUT2D eigenvalue weighted by Gasteiger charge is 2.51. The molecule has 0 aromatic heterocycles. The summed E-state index contributed by atoms with van der Waals surface area (Å²) in [5.41, 5.74) is 2.53. The largest absolute Gasteiger partial charge is 0.352 e. The maximum Gasteiger partial charge on any atom is 0.233 e. The average Bonchev–Trinajstić information content (AvgIpc) is 2.90. The number of amides is 1. The van der Waals surface area contributed by atoms with Crippen LogP contribution in [-0.4, -0.2) is 18.2 Å². The standard InChI is InChI=1S/C24H27Cl2NO2/c1-15-12-21(26)8-9-22(15)19(13-18-4-6-20(25)7-5-18)10-11-24(14-28)16(2)17(3)27-23(24)29/h4-9,12,14,16-17,19H,10-11,13H2,1-3H3,(H,27,29)/t16-,17-,19-,24?/m1/s1. The van der Waals surface area contributed by atoms with Crippen LogP contribution in [0.4, 0.5) is 0 Å². The fraction of sp³-hybridized carbons (Fsp3) is 0.417. The number of halogens is 2. The highest BCUT2D eigenvalue weighted by atomic mass is 35.5. The lowest BCUT2D eigenvalue weighted by Crippen LogP contribution is -2.36. The van der Waals surface area contributed by atoms with Crippen LogP contribution in [0.2, 0.25) is 10.0 Å². The molecule has 0 bridgehead atoms. The first kappa shape index (κ1) is 21.9. The minimum absolute atomic E-state index is 0.000293. The van der Waals surface area contributed by atoms with Crippen LogP contribution in [0.5, 0.6) is 0 Å². The van der Waals surface area contributed by atoms with Gasteiger partial charge in [-0.15, -0.1) is 0 Å². The summed E-state index contributed by atoms with van der Waals surface area (Å²) in [6, 6.07) is 13.8. The van der Waals surface area contributed by atoms with E-state index >= 15 is 0 Å². The Morgan fingerprint density at radius 3 is 2.31 bits per heavy atom. The van der Waals surface area contributed by atoms with Crippen LogP contribution in [0.3, 0.4) is 0 Å². The lowest BCUT2D eigenvalue weighted by molar-refractivity contribution is -0.135. The highest BCUT2D eigenvalue weighted by Crippen LogP contribution is 2.41. The van der Waals surface area contributed by atoms with Gasteiger partial charge in [0.2, 0.25) is 5.91 Å². The summed E-state index contributed by atoms with van der Waals surface area (Å²) >= 11 is 12.2. The summed E-state index contributed by atoms with van der Waals surface area (Å²) in [5, 5.41) is 4.36. The summed E-state index contributed by atoms with van der Waals surface area (Å²) in [5.74, 6) is -0.0123. The molecular formula is C24H27Cl2NO2. The van der Waals surface area contributed by atoms with E-state index in [1.54, 1.807) is 0 Å². The van der Waals surface area contributed by atoms with Crippen LogP contribution in [0.15, 0.2) is 42.5 Å². The van der Waals surface area contributed by atoms with E-state index in [0.29, 0.717) is 16.5 Å². The lowest BCUT2D eigenvalue weighted by atomic mass is 9.71. The van der Waals surface area contributed by atoms with E-state index in [1.807, 2.05) is 50.2 Å². The highest BCUT2D eigenvalue weighted by molar-refractivity contribution is 6.30. The average molecular weight is 432 g/mol. The number of carbonyl (C=O) groups is 2. The van der Waals surface area contributed by atoms with Crippen LogP contribution >= 0.6 is 23.2 Å². The Bertz CT molecular complexity index is 896. The van der Waals surface area contributed by atoms with Gasteiger partial charge in [0.1, 0.15) is 11.7 Å². The van der Waals surface area contributed by atoms with Gasteiger partial charge in [-0.25, -0.2) is 0 Å². The van der Waals surface area contributed by atoms with Crippen molar-refractivity contribution in [2.75, 3.05) is 0 Å². The van der Waals surface area contributed by atoms with Gasteiger partial charge < -0.3 is 10.1 Å². The van der Waals surface area contributed by atoms with Crippen molar-refractivity contribution in [2.24, 2.45) is 11.3 Å². The van der Waals surface area contributed by atoms with Gasteiger partial charge in [0.05, 0.1) is 0 Å². The predicted octanol–water partition coefficient (Wildman–Crippen LogP) is 5.75. The van der Waals surface area contributed by atoms with Gasteiger partial charge in [-0.2, -0.15) is 0 Å². The van der Waals surface area contributed by atoms with Crippen molar-refractivity contribution in [1.29, 1.82) is 0 Å². The van der Waals surface area contributed by atoms with E-state index in [0.717, 1.165) is 24.7 Å². The number of aryl methyl sites for hydroxylation is 1. The molecule has 2 aromatic carbocycles. The Balaban J connectivity index is 1.89. The van der Waals surface area contributed by atoms with Gasteiger partial charge in [-0.1, -0.05) is 48.3 Å². The molecule has 1 fully saturated rings. The molecule has 1 aliphatic heterocycles. The van der Waals surface area contributed by atoms with E-state index in [4.69, 9.17) is 23.2 Å². The van der Waals surface area contributed by atoms with E-state index in [1.165, 1.54) is 11.1 Å². The van der Waals surface area contributed by atoms with E-state index < -0.39 is 5.41 Å². The summed E-state index contributed by atoms with van der Waals surface area (Å²) in [4.78, 5) is 24.7. The minimum atomic E-state index is -0.960. The Kier molecular flexibility index (Phi) is 6.70. The molecule has 1 saturated heterocycles. The topological polar surface area (TPSA) is 46.2 Å². The molecule has 3 nitrogen and oxygen atoms in total. The van der Waals surface area contributed by atoms with Crippen molar-refractivity contribution in [3.8, 4) is 0 Å².